The minimum Gasteiger partial charge on any atom is -0.378 e. The first-order valence-electron chi connectivity index (χ1n) is 5.47. The molecule has 0 aliphatic carbocycles. The molecule has 1 aliphatic rings. The van der Waals surface area contributed by atoms with E-state index in [1.54, 1.807) is 11.3 Å². The Morgan fingerprint density at radius 2 is 2.60 bits per heavy atom. The first kappa shape index (κ1) is 11.0. The average molecular weight is 226 g/mol. The SMILES string of the molecule is CNC(Cc1cncs1)C1CCOC1C. The van der Waals surface area contributed by atoms with Crippen LogP contribution < -0.4 is 5.32 Å². The van der Waals surface area contributed by atoms with Gasteiger partial charge in [0.15, 0.2) is 0 Å². The molecule has 1 fully saturated rings. The Hall–Kier alpha value is -0.450. The number of ether oxygens (including phenoxy) is 1. The van der Waals surface area contributed by atoms with E-state index in [1.807, 2.05) is 18.8 Å². The van der Waals surface area contributed by atoms with Gasteiger partial charge in [-0.3, -0.25) is 4.98 Å². The van der Waals surface area contributed by atoms with Crippen molar-refractivity contribution in [1.29, 1.82) is 0 Å². The van der Waals surface area contributed by atoms with Crippen molar-refractivity contribution in [3.8, 4) is 0 Å². The van der Waals surface area contributed by atoms with Crippen LogP contribution in [0.4, 0.5) is 0 Å². The number of aromatic nitrogens is 1. The molecule has 2 heterocycles. The van der Waals surface area contributed by atoms with Gasteiger partial charge >= 0.3 is 0 Å². The summed E-state index contributed by atoms with van der Waals surface area (Å²) in [6.45, 7) is 3.08. The molecule has 0 bridgehead atoms. The van der Waals surface area contributed by atoms with Gasteiger partial charge < -0.3 is 10.1 Å². The van der Waals surface area contributed by atoms with E-state index in [2.05, 4.69) is 17.2 Å². The van der Waals surface area contributed by atoms with E-state index in [4.69, 9.17) is 4.74 Å². The third-order valence-corrected chi connectivity index (χ3v) is 4.03. The van der Waals surface area contributed by atoms with E-state index in [-0.39, 0.29) is 0 Å². The van der Waals surface area contributed by atoms with Crippen LogP contribution in [-0.2, 0) is 11.2 Å². The third-order valence-electron chi connectivity index (χ3n) is 3.23. The first-order valence-corrected chi connectivity index (χ1v) is 6.35. The van der Waals surface area contributed by atoms with Crippen LogP contribution in [0.25, 0.3) is 0 Å². The van der Waals surface area contributed by atoms with Gasteiger partial charge in [0.2, 0.25) is 0 Å². The second kappa shape index (κ2) is 5.05. The van der Waals surface area contributed by atoms with Gasteiger partial charge in [-0.1, -0.05) is 0 Å². The van der Waals surface area contributed by atoms with Crippen molar-refractivity contribution >= 4 is 11.3 Å². The smallest absolute Gasteiger partial charge is 0.0794 e. The fourth-order valence-corrected chi connectivity index (χ4v) is 2.96. The summed E-state index contributed by atoms with van der Waals surface area (Å²) in [5.74, 6) is 0.636. The summed E-state index contributed by atoms with van der Waals surface area (Å²) in [5, 5.41) is 3.41. The molecule has 0 amide bonds. The van der Waals surface area contributed by atoms with Crippen LogP contribution in [0.3, 0.4) is 0 Å². The van der Waals surface area contributed by atoms with E-state index >= 15 is 0 Å². The molecular formula is C11H18N2OS. The highest BCUT2D eigenvalue weighted by Gasteiger charge is 2.31. The van der Waals surface area contributed by atoms with E-state index in [0.717, 1.165) is 13.0 Å². The predicted molar refractivity (Wildman–Crippen MR) is 62.2 cm³/mol. The van der Waals surface area contributed by atoms with Gasteiger partial charge in [0.1, 0.15) is 0 Å². The summed E-state index contributed by atoms with van der Waals surface area (Å²) < 4.78 is 5.62. The normalized spacial score (nSPS) is 28.1. The van der Waals surface area contributed by atoms with Crippen molar-refractivity contribution in [3.05, 3.63) is 16.6 Å². The zero-order valence-electron chi connectivity index (χ0n) is 9.27. The molecule has 0 spiro atoms. The number of nitrogens with zero attached hydrogens (tertiary/aromatic N) is 1. The molecule has 0 saturated carbocycles. The quantitative estimate of drug-likeness (QED) is 0.848. The van der Waals surface area contributed by atoms with Crippen molar-refractivity contribution in [2.75, 3.05) is 13.7 Å². The lowest BCUT2D eigenvalue weighted by Gasteiger charge is -2.24. The van der Waals surface area contributed by atoms with Crippen molar-refractivity contribution in [3.63, 3.8) is 0 Å². The molecule has 1 aromatic heterocycles. The lowest BCUT2D eigenvalue weighted by atomic mass is 9.91. The molecule has 0 radical (unpaired) electrons. The Bertz CT molecular complexity index is 289. The van der Waals surface area contributed by atoms with Gasteiger partial charge in [0.05, 0.1) is 11.6 Å². The molecule has 1 N–H and O–H groups in total. The largest absolute Gasteiger partial charge is 0.378 e. The van der Waals surface area contributed by atoms with Gasteiger partial charge in [-0.15, -0.1) is 11.3 Å². The minimum atomic E-state index is 0.385. The van der Waals surface area contributed by atoms with Crippen LogP contribution >= 0.6 is 11.3 Å². The van der Waals surface area contributed by atoms with Gasteiger partial charge in [-0.05, 0) is 26.8 Å². The molecule has 1 aliphatic heterocycles. The fourth-order valence-electron chi connectivity index (χ4n) is 2.30. The highest BCUT2D eigenvalue weighted by atomic mass is 32.1. The number of rotatable bonds is 4. The lowest BCUT2D eigenvalue weighted by molar-refractivity contribution is 0.0964. The summed E-state index contributed by atoms with van der Waals surface area (Å²) in [4.78, 5) is 5.47. The Morgan fingerprint density at radius 1 is 1.73 bits per heavy atom. The fraction of sp³-hybridized carbons (Fsp3) is 0.727. The maximum Gasteiger partial charge on any atom is 0.0794 e. The van der Waals surface area contributed by atoms with E-state index in [9.17, 15) is 0 Å². The molecule has 84 valence electrons. The first-order chi connectivity index (χ1) is 7.31. The summed E-state index contributed by atoms with van der Waals surface area (Å²) in [5.41, 5.74) is 1.90. The van der Waals surface area contributed by atoms with Crippen molar-refractivity contribution < 1.29 is 4.74 Å². The number of hydrogen-bond donors (Lipinski definition) is 1. The second-order valence-corrected chi connectivity index (χ2v) is 5.07. The van der Waals surface area contributed by atoms with Gasteiger partial charge in [0, 0.05) is 29.6 Å². The van der Waals surface area contributed by atoms with Crippen LogP contribution in [0.15, 0.2) is 11.7 Å². The number of thiazole rings is 1. The monoisotopic (exact) mass is 226 g/mol. The molecule has 1 saturated heterocycles. The summed E-state index contributed by atoms with van der Waals surface area (Å²) in [6.07, 6.45) is 4.59. The zero-order chi connectivity index (χ0) is 10.7. The molecule has 3 unspecified atom stereocenters. The average Bonchev–Trinajstić information content (AvgIpc) is 2.85. The zero-order valence-corrected chi connectivity index (χ0v) is 10.1. The number of likely N-dealkylation sites (N-methyl/N-ethyl adjacent to an activating group) is 1. The number of nitrogens with one attached hydrogen (secondary N) is 1. The van der Waals surface area contributed by atoms with Gasteiger partial charge in [-0.25, -0.2) is 0 Å². The molecule has 0 aromatic carbocycles. The summed E-state index contributed by atoms with van der Waals surface area (Å²) >= 11 is 1.73. The van der Waals surface area contributed by atoms with E-state index in [1.165, 1.54) is 11.3 Å². The number of hydrogen-bond acceptors (Lipinski definition) is 4. The van der Waals surface area contributed by atoms with E-state index < -0.39 is 0 Å². The van der Waals surface area contributed by atoms with Crippen molar-refractivity contribution in [1.82, 2.24) is 10.3 Å². The highest BCUT2D eigenvalue weighted by Crippen LogP contribution is 2.26. The lowest BCUT2D eigenvalue weighted by Crippen LogP contribution is -2.38. The Labute approximate surface area is 94.9 Å². The molecule has 3 atom stereocenters. The molecule has 4 heteroatoms. The molecule has 3 nitrogen and oxygen atoms in total. The second-order valence-electron chi connectivity index (χ2n) is 4.10. The van der Waals surface area contributed by atoms with Crippen LogP contribution in [-0.4, -0.2) is 30.8 Å². The van der Waals surface area contributed by atoms with Crippen molar-refractivity contribution in [2.24, 2.45) is 5.92 Å². The van der Waals surface area contributed by atoms with Crippen LogP contribution in [0.5, 0.6) is 0 Å². The minimum absolute atomic E-state index is 0.385. The Morgan fingerprint density at radius 3 is 3.13 bits per heavy atom. The highest BCUT2D eigenvalue weighted by molar-refractivity contribution is 7.09. The van der Waals surface area contributed by atoms with Gasteiger partial charge in [0.25, 0.3) is 0 Å². The molecule has 2 rings (SSSR count). The van der Waals surface area contributed by atoms with Crippen molar-refractivity contribution in [2.45, 2.75) is 31.9 Å². The molecular weight excluding hydrogens is 208 g/mol. The maximum atomic E-state index is 5.62. The van der Waals surface area contributed by atoms with Crippen LogP contribution in [0, 0.1) is 5.92 Å². The standard InChI is InChI=1S/C11H18N2OS/c1-8-10(3-4-14-8)11(12-2)5-9-6-13-7-15-9/h6-8,10-12H,3-5H2,1-2H3. The molecule has 15 heavy (non-hydrogen) atoms. The maximum absolute atomic E-state index is 5.62. The predicted octanol–water partition coefficient (Wildman–Crippen LogP) is 1.70. The summed E-state index contributed by atoms with van der Waals surface area (Å²) in [6, 6.07) is 0.517. The van der Waals surface area contributed by atoms with Gasteiger partial charge in [-0.2, -0.15) is 0 Å². The van der Waals surface area contributed by atoms with E-state index in [0.29, 0.717) is 18.1 Å². The Balaban J connectivity index is 1.97. The third kappa shape index (κ3) is 2.56. The topological polar surface area (TPSA) is 34.2 Å². The molecule has 1 aromatic rings. The Kier molecular flexibility index (Phi) is 3.72. The van der Waals surface area contributed by atoms with Crippen LogP contribution in [0.1, 0.15) is 18.2 Å². The van der Waals surface area contributed by atoms with Crippen LogP contribution in [0.2, 0.25) is 0 Å². The summed E-state index contributed by atoms with van der Waals surface area (Å²) in [7, 11) is 2.04.